The van der Waals surface area contributed by atoms with E-state index in [1.165, 1.54) is 5.56 Å². The molecule has 0 aromatic carbocycles. The van der Waals surface area contributed by atoms with Gasteiger partial charge in [0.2, 0.25) is 5.91 Å². The summed E-state index contributed by atoms with van der Waals surface area (Å²) in [5.74, 6) is 0.155. The van der Waals surface area contributed by atoms with E-state index >= 15 is 0 Å². The first-order valence-electron chi connectivity index (χ1n) is 7.76. The molecule has 1 fully saturated rings. The first-order valence-corrected chi connectivity index (χ1v) is 7.76. The third-order valence-electron chi connectivity index (χ3n) is 4.37. The van der Waals surface area contributed by atoms with Gasteiger partial charge in [0.05, 0.1) is 11.7 Å². The molecule has 0 aliphatic heterocycles. The van der Waals surface area contributed by atoms with Crippen LogP contribution >= 0.6 is 0 Å². The highest BCUT2D eigenvalue weighted by Gasteiger charge is 2.50. The van der Waals surface area contributed by atoms with Crippen molar-refractivity contribution in [1.29, 1.82) is 0 Å². The van der Waals surface area contributed by atoms with E-state index in [4.69, 9.17) is 0 Å². The number of nitrogens with one attached hydrogen (secondary N) is 1. The molecule has 5 nitrogen and oxygen atoms in total. The third-order valence-corrected chi connectivity index (χ3v) is 4.37. The fraction of sp³-hybridized carbons (Fsp3) is 0.471. The molecule has 1 N–H and O–H groups in total. The van der Waals surface area contributed by atoms with Crippen LogP contribution in [0.1, 0.15) is 31.0 Å². The summed E-state index contributed by atoms with van der Waals surface area (Å²) in [5.41, 5.74) is 1.98. The largest absolute Gasteiger partial charge is 0.353 e. The number of rotatable bonds is 6. The molecule has 22 heavy (non-hydrogen) atoms. The van der Waals surface area contributed by atoms with Gasteiger partial charge >= 0.3 is 0 Å². The number of pyridine rings is 1. The predicted molar refractivity (Wildman–Crippen MR) is 84.2 cm³/mol. The fourth-order valence-corrected chi connectivity index (χ4v) is 2.79. The second kappa shape index (κ2) is 5.91. The number of carbonyl (C=O) groups excluding carboxylic acids is 1. The Morgan fingerprint density at radius 3 is 2.91 bits per heavy atom. The summed E-state index contributed by atoms with van der Waals surface area (Å²) >= 11 is 0. The van der Waals surface area contributed by atoms with Gasteiger partial charge in [0, 0.05) is 43.3 Å². The van der Waals surface area contributed by atoms with Gasteiger partial charge in [-0.3, -0.25) is 9.78 Å². The summed E-state index contributed by atoms with van der Waals surface area (Å²) in [6.45, 7) is 4.81. The quantitative estimate of drug-likeness (QED) is 0.888. The number of carbonyl (C=O) groups is 1. The lowest BCUT2D eigenvalue weighted by atomic mass is 10.0. The van der Waals surface area contributed by atoms with Crippen molar-refractivity contribution in [3.63, 3.8) is 0 Å². The Kier molecular flexibility index (Phi) is 3.96. The van der Waals surface area contributed by atoms with E-state index in [9.17, 15) is 4.79 Å². The molecule has 116 valence electrons. The number of nitrogens with zero attached hydrogens (tertiary/aromatic N) is 3. The van der Waals surface area contributed by atoms with Crippen molar-refractivity contribution in [3.8, 4) is 0 Å². The topological polar surface area (TPSA) is 59.8 Å². The van der Waals surface area contributed by atoms with Gasteiger partial charge in [0.15, 0.2) is 0 Å². The maximum atomic E-state index is 12.6. The zero-order chi connectivity index (χ0) is 15.6. The second-order valence-electron chi connectivity index (χ2n) is 6.36. The van der Waals surface area contributed by atoms with Gasteiger partial charge in [0.1, 0.15) is 0 Å². The summed E-state index contributed by atoms with van der Waals surface area (Å²) in [6, 6.07) is 4.08. The Hall–Kier alpha value is -2.17. The number of hydrogen-bond acceptors (Lipinski definition) is 3. The van der Waals surface area contributed by atoms with Crippen molar-refractivity contribution >= 4 is 5.91 Å². The molecule has 3 rings (SSSR count). The van der Waals surface area contributed by atoms with Gasteiger partial charge in [-0.25, -0.2) is 4.98 Å². The lowest BCUT2D eigenvalue weighted by Crippen LogP contribution is -2.41. The smallest absolute Gasteiger partial charge is 0.228 e. The fourth-order valence-electron chi connectivity index (χ4n) is 2.79. The Morgan fingerprint density at radius 2 is 2.27 bits per heavy atom. The minimum atomic E-state index is -0.242. The van der Waals surface area contributed by atoms with Gasteiger partial charge in [-0.15, -0.1) is 0 Å². The van der Waals surface area contributed by atoms with Gasteiger partial charge in [0.25, 0.3) is 0 Å². The molecular weight excluding hydrogens is 276 g/mol. The predicted octanol–water partition coefficient (Wildman–Crippen LogP) is 2.11. The van der Waals surface area contributed by atoms with Gasteiger partial charge in [-0.1, -0.05) is 6.07 Å². The molecule has 1 amide bonds. The number of aromatic nitrogens is 3. The monoisotopic (exact) mass is 298 g/mol. The van der Waals surface area contributed by atoms with Crippen LogP contribution in [-0.4, -0.2) is 26.5 Å². The summed E-state index contributed by atoms with van der Waals surface area (Å²) in [6.07, 6.45) is 9.90. The van der Waals surface area contributed by atoms with Crippen molar-refractivity contribution in [2.45, 2.75) is 45.7 Å². The van der Waals surface area contributed by atoms with Crippen LogP contribution in [0.4, 0.5) is 0 Å². The van der Waals surface area contributed by atoms with Crippen molar-refractivity contribution < 1.29 is 4.79 Å². The van der Waals surface area contributed by atoms with E-state index in [1.54, 1.807) is 18.7 Å². The van der Waals surface area contributed by atoms with Gasteiger partial charge in [-0.2, -0.15) is 0 Å². The number of aryl methyl sites for hydroxylation is 1. The van der Waals surface area contributed by atoms with Crippen LogP contribution in [0.15, 0.2) is 37.1 Å². The molecule has 0 bridgehead atoms. The molecule has 1 unspecified atom stereocenters. The van der Waals surface area contributed by atoms with Crippen LogP contribution in [0.5, 0.6) is 0 Å². The van der Waals surface area contributed by atoms with Crippen molar-refractivity contribution in [3.05, 3.63) is 48.3 Å². The standard InChI is InChI=1S/C17H22N4O/c1-13-4-3-7-19-15(13)10-14(2)20-16(22)17(5-6-17)11-21-9-8-18-12-21/h3-4,7-9,12,14H,5-6,10-11H2,1-2H3,(H,20,22). The molecule has 5 heteroatoms. The van der Waals surface area contributed by atoms with Gasteiger partial charge in [-0.05, 0) is 38.3 Å². The second-order valence-corrected chi connectivity index (χ2v) is 6.36. The minimum absolute atomic E-state index is 0.0846. The van der Waals surface area contributed by atoms with Crippen LogP contribution in [0.3, 0.4) is 0 Å². The van der Waals surface area contributed by atoms with Crippen LogP contribution in [0, 0.1) is 12.3 Å². The molecule has 0 saturated heterocycles. The highest BCUT2D eigenvalue weighted by molar-refractivity contribution is 5.85. The zero-order valence-corrected chi connectivity index (χ0v) is 13.1. The van der Waals surface area contributed by atoms with Crippen LogP contribution < -0.4 is 5.32 Å². The van der Waals surface area contributed by atoms with Crippen molar-refractivity contribution in [1.82, 2.24) is 19.9 Å². The SMILES string of the molecule is Cc1cccnc1CC(C)NC(=O)C1(Cn2ccnc2)CC1. The maximum Gasteiger partial charge on any atom is 0.228 e. The Balaban J connectivity index is 1.58. The normalized spacial score (nSPS) is 17.0. The third kappa shape index (κ3) is 3.18. The molecule has 2 heterocycles. The molecule has 1 saturated carbocycles. The molecule has 0 spiro atoms. The van der Waals surface area contributed by atoms with Crippen LogP contribution in [0.25, 0.3) is 0 Å². The number of imidazole rings is 1. The number of amides is 1. The molecule has 2 aromatic rings. The minimum Gasteiger partial charge on any atom is -0.353 e. The Bertz CT molecular complexity index is 646. The Labute approximate surface area is 130 Å². The molecule has 1 aliphatic carbocycles. The number of hydrogen-bond donors (Lipinski definition) is 1. The molecule has 1 aliphatic rings. The van der Waals surface area contributed by atoms with Crippen LogP contribution in [-0.2, 0) is 17.8 Å². The maximum absolute atomic E-state index is 12.6. The van der Waals surface area contributed by atoms with E-state index in [0.29, 0.717) is 6.54 Å². The van der Waals surface area contributed by atoms with E-state index in [-0.39, 0.29) is 17.4 Å². The Morgan fingerprint density at radius 1 is 1.45 bits per heavy atom. The summed E-state index contributed by atoms with van der Waals surface area (Å²) in [5, 5.41) is 3.16. The van der Waals surface area contributed by atoms with E-state index < -0.39 is 0 Å². The molecule has 1 atom stereocenters. The van der Waals surface area contributed by atoms with E-state index in [2.05, 4.69) is 28.3 Å². The molecular formula is C17H22N4O. The molecule has 0 radical (unpaired) electrons. The van der Waals surface area contributed by atoms with Crippen LogP contribution in [0.2, 0.25) is 0 Å². The van der Waals surface area contributed by atoms with Gasteiger partial charge < -0.3 is 9.88 Å². The van der Waals surface area contributed by atoms with E-state index in [0.717, 1.165) is 25.0 Å². The van der Waals surface area contributed by atoms with E-state index in [1.807, 2.05) is 23.8 Å². The average molecular weight is 298 g/mol. The van der Waals surface area contributed by atoms with Crippen molar-refractivity contribution in [2.75, 3.05) is 0 Å². The first-order chi connectivity index (χ1) is 10.6. The lowest BCUT2D eigenvalue weighted by Gasteiger charge is -2.20. The lowest BCUT2D eigenvalue weighted by molar-refractivity contribution is -0.127. The van der Waals surface area contributed by atoms with Crippen molar-refractivity contribution in [2.24, 2.45) is 5.41 Å². The zero-order valence-electron chi connectivity index (χ0n) is 13.1. The highest BCUT2D eigenvalue weighted by atomic mass is 16.2. The summed E-state index contributed by atoms with van der Waals surface area (Å²) in [4.78, 5) is 21.0. The summed E-state index contributed by atoms with van der Waals surface area (Å²) in [7, 11) is 0. The average Bonchev–Trinajstić information content (AvgIpc) is 3.08. The highest BCUT2D eigenvalue weighted by Crippen LogP contribution is 2.47. The first kappa shape index (κ1) is 14.8. The molecule has 2 aromatic heterocycles. The summed E-state index contributed by atoms with van der Waals surface area (Å²) < 4.78 is 1.99.